The normalized spacial score (nSPS) is 11.2. The molecule has 0 saturated heterocycles. The van der Waals surface area contributed by atoms with Crippen LogP contribution in [0.3, 0.4) is 0 Å². The topological polar surface area (TPSA) is 30.2 Å². The molecule has 0 unspecified atom stereocenters. The zero-order valence-electron chi connectivity index (χ0n) is 9.34. The van der Waals surface area contributed by atoms with Crippen molar-refractivity contribution >= 4 is 5.78 Å². The van der Waals surface area contributed by atoms with Gasteiger partial charge >= 0.3 is 0 Å². The number of aromatic nitrogens is 3. The minimum atomic E-state index is 0.820. The van der Waals surface area contributed by atoms with Gasteiger partial charge in [0.1, 0.15) is 0 Å². The molecule has 3 nitrogen and oxygen atoms in total. The fourth-order valence-corrected chi connectivity index (χ4v) is 1.73. The van der Waals surface area contributed by atoms with Gasteiger partial charge in [0.05, 0.1) is 5.69 Å². The van der Waals surface area contributed by atoms with E-state index in [1.807, 2.05) is 13.8 Å². The highest BCUT2D eigenvalue weighted by Crippen LogP contribution is 2.16. The van der Waals surface area contributed by atoms with E-state index in [1.165, 1.54) is 17.0 Å². The number of hydrogen-bond donors (Lipinski definition) is 0. The quantitative estimate of drug-likeness (QED) is 0.636. The molecule has 0 aliphatic heterocycles. The molecule has 0 bridgehead atoms. The van der Waals surface area contributed by atoms with E-state index in [9.17, 15) is 0 Å². The van der Waals surface area contributed by atoms with Crippen LogP contribution in [0.5, 0.6) is 0 Å². The fourth-order valence-electron chi connectivity index (χ4n) is 1.73. The van der Waals surface area contributed by atoms with Gasteiger partial charge in [0.15, 0.2) is 0 Å². The predicted octanol–water partition coefficient (Wildman–Crippen LogP) is 2.27. The van der Waals surface area contributed by atoms with Crippen molar-refractivity contribution in [1.82, 2.24) is 14.4 Å². The summed E-state index contributed by atoms with van der Waals surface area (Å²) >= 11 is 0. The van der Waals surface area contributed by atoms with Crippen molar-refractivity contribution in [3.05, 3.63) is 28.3 Å². The highest BCUT2D eigenvalue weighted by Gasteiger charge is 2.10. The van der Waals surface area contributed by atoms with Gasteiger partial charge in [-0.25, -0.2) is 9.97 Å². The van der Waals surface area contributed by atoms with Crippen molar-refractivity contribution in [3.63, 3.8) is 0 Å². The molecule has 2 aromatic rings. The van der Waals surface area contributed by atoms with Crippen LogP contribution in [0.25, 0.3) is 5.78 Å². The highest BCUT2D eigenvalue weighted by molar-refractivity contribution is 5.41. The molecule has 3 heteroatoms. The van der Waals surface area contributed by atoms with Crippen LogP contribution in [-0.4, -0.2) is 14.4 Å². The van der Waals surface area contributed by atoms with Crippen molar-refractivity contribution in [3.8, 4) is 0 Å². The number of rotatable bonds is 0. The third kappa shape index (κ3) is 1.05. The molecule has 74 valence electrons. The first-order valence-electron chi connectivity index (χ1n) is 4.82. The number of aryl methyl sites for hydroxylation is 4. The van der Waals surface area contributed by atoms with Gasteiger partial charge in [-0.05, 0) is 40.2 Å². The SMILES string of the molecule is Cc1nc2nc(C)c(C)n2c(C)c1C. The van der Waals surface area contributed by atoms with E-state index in [2.05, 4.69) is 35.1 Å². The van der Waals surface area contributed by atoms with Gasteiger partial charge in [0.2, 0.25) is 5.78 Å². The minimum absolute atomic E-state index is 0.820. The first-order valence-corrected chi connectivity index (χ1v) is 4.82. The molecule has 0 aliphatic rings. The minimum Gasteiger partial charge on any atom is -0.285 e. The van der Waals surface area contributed by atoms with Crippen LogP contribution < -0.4 is 0 Å². The third-order valence-electron chi connectivity index (χ3n) is 3.02. The Kier molecular flexibility index (Phi) is 1.84. The average molecular weight is 189 g/mol. The van der Waals surface area contributed by atoms with Crippen LogP contribution in [0.15, 0.2) is 0 Å². The number of fused-ring (bicyclic) bond motifs is 1. The van der Waals surface area contributed by atoms with E-state index in [0.717, 1.165) is 17.2 Å². The van der Waals surface area contributed by atoms with E-state index < -0.39 is 0 Å². The molecule has 0 aromatic carbocycles. The lowest BCUT2D eigenvalue weighted by Crippen LogP contribution is -2.02. The molecule has 14 heavy (non-hydrogen) atoms. The molecule has 0 N–H and O–H groups in total. The van der Waals surface area contributed by atoms with E-state index in [0.29, 0.717) is 0 Å². The fraction of sp³-hybridized carbons (Fsp3) is 0.455. The molecule has 2 aromatic heterocycles. The Hall–Kier alpha value is -1.38. The molecular weight excluding hydrogens is 174 g/mol. The molecule has 2 rings (SSSR count). The average Bonchev–Trinajstić information content (AvgIpc) is 2.39. The van der Waals surface area contributed by atoms with Gasteiger partial charge in [-0.1, -0.05) is 0 Å². The van der Waals surface area contributed by atoms with Crippen molar-refractivity contribution < 1.29 is 0 Å². The summed E-state index contributed by atoms with van der Waals surface area (Å²) in [6.45, 7) is 10.4. The van der Waals surface area contributed by atoms with Gasteiger partial charge in [-0.3, -0.25) is 4.40 Å². The molecular formula is C11H15N3. The van der Waals surface area contributed by atoms with E-state index in [-0.39, 0.29) is 0 Å². The lowest BCUT2D eigenvalue weighted by molar-refractivity contribution is 0.952. The highest BCUT2D eigenvalue weighted by atomic mass is 15.1. The van der Waals surface area contributed by atoms with Crippen molar-refractivity contribution in [2.45, 2.75) is 34.6 Å². The summed E-state index contributed by atoms with van der Waals surface area (Å²) in [7, 11) is 0. The smallest absolute Gasteiger partial charge is 0.234 e. The third-order valence-corrected chi connectivity index (χ3v) is 3.02. The largest absolute Gasteiger partial charge is 0.285 e. The number of hydrogen-bond acceptors (Lipinski definition) is 2. The molecule has 0 radical (unpaired) electrons. The molecule has 0 saturated carbocycles. The zero-order valence-corrected chi connectivity index (χ0v) is 9.34. The summed E-state index contributed by atoms with van der Waals surface area (Å²) < 4.78 is 2.12. The lowest BCUT2D eigenvalue weighted by Gasteiger charge is -2.07. The standard InChI is InChI=1S/C11H15N3/c1-6-7(2)12-11-13-8(3)10(5)14(11)9(6)4/h1-5H3. The summed E-state index contributed by atoms with van der Waals surface area (Å²) in [6.07, 6.45) is 0. The Labute approximate surface area is 83.8 Å². The molecule has 0 fully saturated rings. The van der Waals surface area contributed by atoms with Crippen LogP contribution in [0.4, 0.5) is 0 Å². The Morgan fingerprint density at radius 3 is 2.00 bits per heavy atom. The van der Waals surface area contributed by atoms with Gasteiger partial charge in [0.25, 0.3) is 0 Å². The first kappa shape index (κ1) is 9.19. The molecule has 0 atom stereocenters. The maximum Gasteiger partial charge on any atom is 0.234 e. The van der Waals surface area contributed by atoms with Gasteiger partial charge < -0.3 is 0 Å². The first-order chi connectivity index (χ1) is 6.52. The second-order valence-corrected chi connectivity index (χ2v) is 3.83. The summed E-state index contributed by atoms with van der Waals surface area (Å²) in [5.41, 5.74) is 5.81. The van der Waals surface area contributed by atoms with E-state index >= 15 is 0 Å². The Morgan fingerprint density at radius 1 is 0.786 bits per heavy atom. The summed E-state index contributed by atoms with van der Waals surface area (Å²) in [5, 5.41) is 0. The van der Waals surface area contributed by atoms with E-state index in [1.54, 1.807) is 0 Å². The summed E-state index contributed by atoms with van der Waals surface area (Å²) in [6, 6.07) is 0. The second-order valence-electron chi connectivity index (χ2n) is 3.83. The molecule has 0 aliphatic carbocycles. The zero-order chi connectivity index (χ0) is 10.5. The van der Waals surface area contributed by atoms with Gasteiger partial charge in [-0.2, -0.15) is 0 Å². The van der Waals surface area contributed by atoms with Crippen LogP contribution >= 0.6 is 0 Å². The van der Waals surface area contributed by atoms with Crippen LogP contribution in [-0.2, 0) is 0 Å². The summed E-state index contributed by atoms with van der Waals surface area (Å²) in [4.78, 5) is 8.90. The molecule has 2 heterocycles. The molecule has 0 amide bonds. The maximum atomic E-state index is 4.47. The predicted molar refractivity (Wildman–Crippen MR) is 56.7 cm³/mol. The Balaban J connectivity index is 2.99. The number of imidazole rings is 1. The second kappa shape index (κ2) is 2.80. The van der Waals surface area contributed by atoms with E-state index in [4.69, 9.17) is 0 Å². The van der Waals surface area contributed by atoms with Crippen LogP contribution in [0, 0.1) is 34.6 Å². The van der Waals surface area contributed by atoms with Crippen LogP contribution in [0.2, 0.25) is 0 Å². The Morgan fingerprint density at radius 2 is 1.36 bits per heavy atom. The number of nitrogens with zero attached hydrogens (tertiary/aromatic N) is 3. The van der Waals surface area contributed by atoms with Crippen LogP contribution in [0.1, 0.15) is 28.3 Å². The van der Waals surface area contributed by atoms with Gasteiger partial charge in [-0.15, -0.1) is 0 Å². The monoisotopic (exact) mass is 189 g/mol. The van der Waals surface area contributed by atoms with Crippen molar-refractivity contribution in [1.29, 1.82) is 0 Å². The van der Waals surface area contributed by atoms with Crippen molar-refractivity contribution in [2.24, 2.45) is 0 Å². The summed E-state index contributed by atoms with van der Waals surface area (Å²) in [5.74, 6) is 0.820. The van der Waals surface area contributed by atoms with Crippen molar-refractivity contribution in [2.75, 3.05) is 0 Å². The Bertz CT molecular complexity index is 509. The maximum absolute atomic E-state index is 4.47. The lowest BCUT2D eigenvalue weighted by atomic mass is 10.2. The van der Waals surface area contributed by atoms with Gasteiger partial charge in [0, 0.05) is 17.1 Å². The molecule has 0 spiro atoms.